The van der Waals surface area contributed by atoms with Crippen LogP contribution in [0.15, 0.2) is 83.9 Å². The molecule has 0 aliphatic carbocycles. The Bertz CT molecular complexity index is 1100. The largest absolute Gasteiger partial charge is 0.299 e. The van der Waals surface area contributed by atoms with Crippen molar-refractivity contribution in [2.45, 2.75) is 6.92 Å². The minimum atomic E-state index is 0. The smallest absolute Gasteiger partial charge is 0.156 e. The second kappa shape index (κ2) is 8.69. The molecule has 1 radical (unpaired) electrons. The third kappa shape index (κ3) is 4.07. The van der Waals surface area contributed by atoms with Gasteiger partial charge in [0.05, 0.1) is 13.3 Å². The summed E-state index contributed by atoms with van der Waals surface area (Å²) in [5.41, 5.74) is 4.54. The van der Waals surface area contributed by atoms with E-state index in [1.807, 2.05) is 43.4 Å². The molecule has 0 unspecified atom stereocenters. The van der Waals surface area contributed by atoms with Gasteiger partial charge >= 0.3 is 0 Å². The van der Waals surface area contributed by atoms with Crippen molar-refractivity contribution in [3.05, 3.63) is 96.1 Å². The number of fused-ring (bicyclic) bond motifs is 1. The molecule has 1 heterocycles. The van der Waals surface area contributed by atoms with Crippen LogP contribution in [-0.4, -0.2) is 6.21 Å². The molecule has 4 rings (SSSR count). The van der Waals surface area contributed by atoms with Gasteiger partial charge < -0.3 is 0 Å². The number of pyridine rings is 1. The maximum Gasteiger partial charge on any atom is 0.156 e. The first-order valence-electron chi connectivity index (χ1n) is 8.65. The number of aromatic nitrogens is 1. The van der Waals surface area contributed by atoms with Gasteiger partial charge in [-0.15, -0.1) is 29.8 Å². The Morgan fingerprint density at radius 3 is 2.44 bits per heavy atom. The van der Waals surface area contributed by atoms with Crippen LogP contribution in [0.5, 0.6) is 0 Å². The Labute approximate surface area is 185 Å². The Hall–Kier alpha value is -2.16. The van der Waals surface area contributed by atoms with Crippen molar-refractivity contribution < 1.29 is 37.3 Å². The van der Waals surface area contributed by atoms with Crippen molar-refractivity contribution in [2.24, 2.45) is 12.0 Å². The van der Waals surface area contributed by atoms with Gasteiger partial charge in [0.15, 0.2) is 5.82 Å². The summed E-state index contributed by atoms with van der Waals surface area (Å²) in [7, 11) is 2.02. The quantitative estimate of drug-likeness (QED) is 0.248. The summed E-state index contributed by atoms with van der Waals surface area (Å²) < 4.78 is 2.06. The summed E-state index contributed by atoms with van der Waals surface area (Å²) in [6.07, 6.45) is 3.10. The Kier molecular flexibility index (Phi) is 6.31. The Balaban J connectivity index is 0.00000210. The third-order valence-corrected chi connectivity index (χ3v) is 4.67. The van der Waals surface area contributed by atoms with Gasteiger partial charge in [-0.1, -0.05) is 42.5 Å². The van der Waals surface area contributed by atoms with Gasteiger partial charge in [0.25, 0.3) is 0 Å². The number of benzene rings is 3. The van der Waals surface area contributed by atoms with Gasteiger partial charge in [0.1, 0.15) is 0 Å². The fraction of sp³-hybridized carbons (Fsp3) is 0.0833. The van der Waals surface area contributed by atoms with Crippen molar-refractivity contribution in [2.75, 3.05) is 0 Å². The van der Waals surface area contributed by atoms with Crippen LogP contribution in [0.2, 0.25) is 0 Å². The molecule has 0 saturated carbocycles. The normalized spacial score (nSPS) is 10.9. The molecular weight excluding hydrogens is 405 g/mol. The van der Waals surface area contributed by atoms with Crippen LogP contribution in [-0.2, 0) is 39.8 Å². The number of hydrogen-bond acceptors (Lipinski definition) is 1. The molecule has 27 heavy (non-hydrogen) atoms. The summed E-state index contributed by atoms with van der Waals surface area (Å²) in [5.74, 6) is 0.749. The molecule has 0 fully saturated rings. The van der Waals surface area contributed by atoms with Crippen LogP contribution in [0.25, 0.3) is 22.0 Å². The van der Waals surface area contributed by atoms with E-state index in [1.165, 1.54) is 21.9 Å². The maximum absolute atomic E-state index is 4.51. The van der Waals surface area contributed by atoms with Crippen LogP contribution >= 0.6 is 0 Å². The molecule has 4 aromatic rings. The van der Waals surface area contributed by atoms with E-state index < -0.39 is 0 Å². The molecule has 0 aliphatic rings. The average molecular weight is 424 g/mol. The van der Waals surface area contributed by atoms with E-state index in [-0.39, 0.29) is 32.7 Å². The van der Waals surface area contributed by atoms with Crippen molar-refractivity contribution in [3.63, 3.8) is 0 Å². The molecule has 0 N–H and O–H groups in total. The molecule has 3 aromatic carbocycles. The molecule has 0 spiro atoms. The third-order valence-electron chi connectivity index (χ3n) is 4.67. The van der Waals surface area contributed by atoms with E-state index in [1.54, 1.807) is 0 Å². The summed E-state index contributed by atoms with van der Waals surface area (Å²) in [6, 6.07) is 30.0. The van der Waals surface area contributed by atoms with Gasteiger partial charge in [-0.25, -0.2) is 12.1 Å². The average Bonchev–Trinajstić information content (AvgIpc) is 2.69. The van der Waals surface area contributed by atoms with E-state index >= 15 is 0 Å². The van der Waals surface area contributed by atoms with Gasteiger partial charge in [0, 0.05) is 44.0 Å². The summed E-state index contributed by atoms with van der Waals surface area (Å²) in [5, 5.41) is 2.54. The number of aryl methyl sites for hydroxylation is 1. The van der Waals surface area contributed by atoms with Crippen molar-refractivity contribution >= 4 is 22.8 Å². The monoisotopic (exact) mass is 424 g/mol. The zero-order valence-corrected chi connectivity index (χ0v) is 18.3. The van der Waals surface area contributed by atoms with Crippen molar-refractivity contribution in [1.82, 2.24) is 0 Å². The van der Waals surface area contributed by atoms with E-state index in [9.17, 15) is 0 Å². The SMILES string of the molecule is Cc1c(-c2cc[c-]c(N=[C-]c3ccccc3)[n+]2C)ccc2ccccc12.[Y]. The zero-order valence-electron chi connectivity index (χ0n) is 15.5. The van der Waals surface area contributed by atoms with Gasteiger partial charge in [-0.05, 0) is 23.3 Å². The second-order valence-corrected chi connectivity index (χ2v) is 6.29. The van der Waals surface area contributed by atoms with Crippen LogP contribution in [0.4, 0.5) is 5.82 Å². The molecule has 0 saturated heterocycles. The van der Waals surface area contributed by atoms with Crippen molar-refractivity contribution in [1.29, 1.82) is 0 Å². The van der Waals surface area contributed by atoms with E-state index in [0.717, 1.165) is 17.1 Å². The predicted octanol–water partition coefficient (Wildman–Crippen LogP) is 5.07. The molecule has 0 atom stereocenters. The van der Waals surface area contributed by atoms with Crippen molar-refractivity contribution in [3.8, 4) is 11.3 Å². The fourth-order valence-electron chi connectivity index (χ4n) is 3.23. The van der Waals surface area contributed by atoms with Crippen LogP contribution in [0.3, 0.4) is 0 Å². The molecule has 0 bridgehead atoms. The molecule has 0 aliphatic heterocycles. The number of nitrogens with zero attached hydrogens (tertiary/aromatic N) is 2. The Morgan fingerprint density at radius 2 is 1.63 bits per heavy atom. The minimum absolute atomic E-state index is 0. The molecule has 129 valence electrons. The summed E-state index contributed by atoms with van der Waals surface area (Å²) in [4.78, 5) is 4.51. The summed E-state index contributed by atoms with van der Waals surface area (Å²) >= 11 is 0. The predicted molar refractivity (Wildman–Crippen MR) is 107 cm³/mol. The van der Waals surface area contributed by atoms with Gasteiger partial charge in [0.2, 0.25) is 0 Å². The van der Waals surface area contributed by atoms with E-state index in [4.69, 9.17) is 0 Å². The fourth-order valence-corrected chi connectivity index (χ4v) is 3.23. The van der Waals surface area contributed by atoms with Gasteiger partial charge in [-0.2, -0.15) is 11.1 Å². The molecule has 2 nitrogen and oxygen atoms in total. The first-order valence-corrected chi connectivity index (χ1v) is 8.65. The molecular formula is C24H19N2Y-. The second-order valence-electron chi connectivity index (χ2n) is 6.29. The topological polar surface area (TPSA) is 16.2 Å². The standard InChI is InChI=1S/C24H19N2.Y/c1-18-21-12-7-6-11-20(21)15-16-22(18)23-13-8-14-24(26(23)2)25-17-19-9-4-3-5-10-19;/h3-13,15-16H,1-2H3;/q-1;. The molecule has 1 aromatic heterocycles. The minimum Gasteiger partial charge on any atom is -0.299 e. The van der Waals surface area contributed by atoms with E-state index in [2.05, 4.69) is 71.2 Å². The first-order chi connectivity index (χ1) is 12.7. The van der Waals surface area contributed by atoms with Crippen LogP contribution < -0.4 is 4.57 Å². The number of rotatable bonds is 3. The molecule has 3 heteroatoms. The van der Waals surface area contributed by atoms with Gasteiger partial charge in [-0.3, -0.25) is 4.57 Å². The van der Waals surface area contributed by atoms with Crippen LogP contribution in [0, 0.1) is 13.0 Å². The Morgan fingerprint density at radius 1 is 0.889 bits per heavy atom. The van der Waals surface area contributed by atoms with E-state index in [0.29, 0.717) is 0 Å². The number of hydrogen-bond donors (Lipinski definition) is 0. The number of aliphatic imine (C=N–C) groups is 1. The van der Waals surface area contributed by atoms with Crippen LogP contribution in [0.1, 0.15) is 11.1 Å². The zero-order chi connectivity index (χ0) is 17.9. The summed E-state index contributed by atoms with van der Waals surface area (Å²) in [6.45, 7) is 2.17. The maximum atomic E-state index is 4.51. The molecule has 0 amide bonds. The first kappa shape index (κ1) is 19.6.